The van der Waals surface area contributed by atoms with Gasteiger partial charge in [-0.1, -0.05) is 23.4 Å². The number of imidazole rings is 1. The van der Waals surface area contributed by atoms with Gasteiger partial charge in [0.15, 0.2) is 5.16 Å². The smallest absolute Gasteiger partial charge is 0.190 e. The molecule has 0 amide bonds. The van der Waals surface area contributed by atoms with Gasteiger partial charge in [-0.15, -0.1) is 0 Å². The minimum atomic E-state index is 0.453. The van der Waals surface area contributed by atoms with Crippen LogP contribution in [0.4, 0.5) is 5.82 Å². The molecule has 0 atom stereocenters. The molecule has 0 saturated heterocycles. The van der Waals surface area contributed by atoms with Crippen LogP contribution >= 0.6 is 23.4 Å². The lowest BCUT2D eigenvalue weighted by Crippen LogP contribution is -2.10. The molecule has 0 unspecified atom stereocenters. The summed E-state index contributed by atoms with van der Waals surface area (Å²) in [6.07, 6.45) is 7.37. The molecule has 2 aromatic rings. The molecule has 90 valence electrons. The molecule has 0 aliphatic carbocycles. The van der Waals surface area contributed by atoms with E-state index in [1.165, 1.54) is 11.8 Å². The Kier molecular flexibility index (Phi) is 4.22. The van der Waals surface area contributed by atoms with E-state index in [0.717, 1.165) is 18.9 Å². The summed E-state index contributed by atoms with van der Waals surface area (Å²) in [5, 5.41) is 4.32. The van der Waals surface area contributed by atoms with Gasteiger partial charge in [-0.2, -0.15) is 0 Å². The molecule has 17 heavy (non-hydrogen) atoms. The summed E-state index contributed by atoms with van der Waals surface area (Å²) >= 11 is 7.35. The molecular formula is C10H12ClN5S. The maximum absolute atomic E-state index is 5.89. The minimum absolute atomic E-state index is 0.453. The Labute approximate surface area is 109 Å². The molecule has 0 radical (unpaired) electrons. The molecule has 1 N–H and O–H groups in total. The Morgan fingerprint density at radius 2 is 2.35 bits per heavy atom. The standard InChI is InChI=1S/C10H12ClN5S/c1-17-10-14-8(11)6-9(15-10)13-3-5-16-4-2-12-7-16/h2,4,6-7H,3,5H2,1H3,(H,13,14,15). The first-order valence-corrected chi connectivity index (χ1v) is 6.66. The lowest BCUT2D eigenvalue weighted by Gasteiger charge is -2.07. The van der Waals surface area contributed by atoms with Crippen LogP contribution in [0.5, 0.6) is 0 Å². The van der Waals surface area contributed by atoms with E-state index in [2.05, 4.69) is 20.3 Å². The first-order chi connectivity index (χ1) is 8.28. The van der Waals surface area contributed by atoms with Crippen molar-refractivity contribution < 1.29 is 0 Å². The Morgan fingerprint density at radius 3 is 3.06 bits per heavy atom. The third-order valence-electron chi connectivity index (χ3n) is 2.09. The molecule has 2 heterocycles. The number of rotatable bonds is 5. The van der Waals surface area contributed by atoms with Crippen LogP contribution in [-0.2, 0) is 6.54 Å². The van der Waals surface area contributed by atoms with Crippen molar-refractivity contribution in [3.8, 4) is 0 Å². The average Bonchev–Trinajstić information content (AvgIpc) is 2.81. The number of halogens is 1. The van der Waals surface area contributed by atoms with Crippen molar-refractivity contribution in [3.05, 3.63) is 29.9 Å². The number of nitrogens with one attached hydrogen (secondary N) is 1. The van der Waals surface area contributed by atoms with Gasteiger partial charge in [0.05, 0.1) is 6.33 Å². The molecule has 0 aromatic carbocycles. The molecule has 2 rings (SSSR count). The SMILES string of the molecule is CSc1nc(Cl)cc(NCCn2ccnc2)n1. The molecule has 0 aliphatic rings. The lowest BCUT2D eigenvalue weighted by atomic mass is 10.5. The van der Waals surface area contributed by atoms with Gasteiger partial charge in [-0.25, -0.2) is 15.0 Å². The predicted molar refractivity (Wildman–Crippen MR) is 69.5 cm³/mol. The van der Waals surface area contributed by atoms with E-state index < -0.39 is 0 Å². The minimum Gasteiger partial charge on any atom is -0.368 e. The van der Waals surface area contributed by atoms with Crippen molar-refractivity contribution in [1.82, 2.24) is 19.5 Å². The molecule has 0 spiro atoms. The van der Waals surface area contributed by atoms with Gasteiger partial charge in [0.25, 0.3) is 0 Å². The van der Waals surface area contributed by atoms with Crippen molar-refractivity contribution in [2.24, 2.45) is 0 Å². The summed E-state index contributed by atoms with van der Waals surface area (Å²) in [7, 11) is 0. The highest BCUT2D eigenvalue weighted by molar-refractivity contribution is 7.98. The van der Waals surface area contributed by atoms with Crippen molar-refractivity contribution in [2.75, 3.05) is 18.1 Å². The Balaban J connectivity index is 1.92. The van der Waals surface area contributed by atoms with Gasteiger partial charge in [-0.05, 0) is 6.26 Å². The summed E-state index contributed by atoms with van der Waals surface area (Å²) < 4.78 is 1.99. The van der Waals surface area contributed by atoms with Crippen LogP contribution in [0.2, 0.25) is 5.15 Å². The maximum atomic E-state index is 5.89. The van der Waals surface area contributed by atoms with Crippen LogP contribution in [0, 0.1) is 0 Å². The second-order valence-corrected chi connectivity index (χ2v) is 4.45. The van der Waals surface area contributed by atoms with E-state index >= 15 is 0 Å². The van der Waals surface area contributed by atoms with Gasteiger partial charge < -0.3 is 9.88 Å². The fourth-order valence-electron chi connectivity index (χ4n) is 1.31. The summed E-state index contributed by atoms with van der Waals surface area (Å²) in [6, 6.07) is 1.72. The quantitative estimate of drug-likeness (QED) is 0.512. The highest BCUT2D eigenvalue weighted by Gasteiger charge is 2.01. The van der Waals surface area contributed by atoms with Crippen LogP contribution in [0.3, 0.4) is 0 Å². The predicted octanol–water partition coefficient (Wildman–Crippen LogP) is 2.16. The molecule has 5 nitrogen and oxygen atoms in total. The zero-order valence-corrected chi connectivity index (χ0v) is 10.9. The van der Waals surface area contributed by atoms with Crippen molar-refractivity contribution >= 4 is 29.2 Å². The molecule has 0 saturated carbocycles. The van der Waals surface area contributed by atoms with E-state index in [1.807, 2.05) is 17.0 Å². The molecule has 0 fully saturated rings. The van der Waals surface area contributed by atoms with Crippen molar-refractivity contribution in [3.63, 3.8) is 0 Å². The Morgan fingerprint density at radius 1 is 1.47 bits per heavy atom. The fraction of sp³-hybridized carbons (Fsp3) is 0.300. The molecule has 0 aliphatic heterocycles. The van der Waals surface area contributed by atoms with Gasteiger partial charge in [0, 0.05) is 31.5 Å². The third-order valence-corrected chi connectivity index (χ3v) is 2.83. The monoisotopic (exact) mass is 269 g/mol. The van der Waals surface area contributed by atoms with E-state index in [1.54, 1.807) is 18.6 Å². The number of thioether (sulfide) groups is 1. The summed E-state index contributed by atoms with van der Waals surface area (Å²) in [4.78, 5) is 12.3. The number of nitrogens with zero attached hydrogens (tertiary/aromatic N) is 4. The topological polar surface area (TPSA) is 55.6 Å². The van der Waals surface area contributed by atoms with Gasteiger partial charge in [-0.3, -0.25) is 0 Å². The second kappa shape index (κ2) is 5.88. The van der Waals surface area contributed by atoms with Crippen LogP contribution < -0.4 is 5.32 Å². The van der Waals surface area contributed by atoms with Gasteiger partial charge in [0.2, 0.25) is 0 Å². The number of anilines is 1. The number of hydrogen-bond acceptors (Lipinski definition) is 5. The van der Waals surface area contributed by atoms with E-state index in [9.17, 15) is 0 Å². The second-order valence-electron chi connectivity index (χ2n) is 3.29. The van der Waals surface area contributed by atoms with E-state index in [0.29, 0.717) is 10.3 Å². The third kappa shape index (κ3) is 3.61. The fourth-order valence-corrected chi connectivity index (χ4v) is 1.92. The number of hydrogen-bond donors (Lipinski definition) is 1. The normalized spacial score (nSPS) is 10.5. The Hall–Kier alpha value is -1.27. The maximum Gasteiger partial charge on any atom is 0.190 e. The molecule has 7 heteroatoms. The van der Waals surface area contributed by atoms with Crippen LogP contribution in [0.1, 0.15) is 0 Å². The Bertz CT molecular complexity index is 474. The number of aromatic nitrogens is 4. The van der Waals surface area contributed by atoms with Gasteiger partial charge in [0.1, 0.15) is 11.0 Å². The first kappa shape index (κ1) is 12.2. The van der Waals surface area contributed by atoms with Crippen LogP contribution in [-0.4, -0.2) is 32.3 Å². The zero-order chi connectivity index (χ0) is 12.1. The molecular weight excluding hydrogens is 258 g/mol. The van der Waals surface area contributed by atoms with Crippen LogP contribution in [0.25, 0.3) is 0 Å². The lowest BCUT2D eigenvalue weighted by molar-refractivity contribution is 0.724. The van der Waals surface area contributed by atoms with Gasteiger partial charge >= 0.3 is 0 Å². The summed E-state index contributed by atoms with van der Waals surface area (Å²) in [6.45, 7) is 1.59. The van der Waals surface area contributed by atoms with Crippen molar-refractivity contribution in [1.29, 1.82) is 0 Å². The highest BCUT2D eigenvalue weighted by atomic mass is 35.5. The van der Waals surface area contributed by atoms with Crippen molar-refractivity contribution in [2.45, 2.75) is 11.7 Å². The molecule has 0 bridgehead atoms. The van der Waals surface area contributed by atoms with Crippen LogP contribution in [0.15, 0.2) is 29.9 Å². The first-order valence-electron chi connectivity index (χ1n) is 5.06. The average molecular weight is 270 g/mol. The largest absolute Gasteiger partial charge is 0.368 e. The van der Waals surface area contributed by atoms with E-state index in [-0.39, 0.29) is 0 Å². The molecule has 2 aromatic heterocycles. The zero-order valence-electron chi connectivity index (χ0n) is 9.30. The summed E-state index contributed by atoms with van der Waals surface area (Å²) in [5.74, 6) is 0.745. The summed E-state index contributed by atoms with van der Waals surface area (Å²) in [5.41, 5.74) is 0. The van der Waals surface area contributed by atoms with E-state index in [4.69, 9.17) is 11.6 Å². The highest BCUT2D eigenvalue weighted by Crippen LogP contribution is 2.16.